The number of ether oxygens (including phenoxy) is 2. The lowest BCUT2D eigenvalue weighted by Crippen LogP contribution is -2.48. The first-order valence-electron chi connectivity index (χ1n) is 26.3. The minimum atomic E-state index is -0.805. The van der Waals surface area contributed by atoms with E-state index in [-0.39, 0.29) is 66.6 Å². The number of nitrogen functional groups attached to an aromatic ring is 1. The van der Waals surface area contributed by atoms with Gasteiger partial charge in [0.25, 0.3) is 0 Å². The van der Waals surface area contributed by atoms with Crippen LogP contribution in [0.1, 0.15) is 106 Å². The third kappa shape index (κ3) is 12.1. The van der Waals surface area contributed by atoms with Gasteiger partial charge < -0.3 is 50.0 Å². The van der Waals surface area contributed by atoms with Crippen molar-refractivity contribution in [3.8, 4) is 45.2 Å². The molecule has 7 heterocycles. The summed E-state index contributed by atoms with van der Waals surface area (Å²) in [6.07, 6.45) is 7.22. The summed E-state index contributed by atoms with van der Waals surface area (Å²) in [4.78, 5) is 44.4. The third-order valence-corrected chi connectivity index (χ3v) is 16.2. The number of aliphatic hydroxyl groups is 1. The van der Waals surface area contributed by atoms with Crippen LogP contribution in [0.5, 0.6) is 11.6 Å². The number of hydrogen-bond donors (Lipinski definition) is 4. The number of carbonyl (C=O) groups excluding carboxylic acids is 2. The number of nitrogens with one attached hydrogen (secondary N) is 1. The van der Waals surface area contributed by atoms with Crippen LogP contribution in [-0.2, 0) is 14.3 Å². The zero-order chi connectivity index (χ0) is 52.2. The Hall–Kier alpha value is -6.91. The molecule has 0 spiro atoms. The number of aromatic hydroxyl groups is 1. The van der Waals surface area contributed by atoms with Crippen molar-refractivity contribution in [3.05, 3.63) is 113 Å². The van der Waals surface area contributed by atoms with Crippen LogP contribution >= 0.6 is 11.3 Å². The second-order valence-electron chi connectivity index (χ2n) is 20.9. The van der Waals surface area contributed by atoms with E-state index in [0.29, 0.717) is 34.4 Å². The molecule has 75 heavy (non-hydrogen) atoms. The number of aliphatic hydroxyl groups excluding tert-OH is 1. The molecule has 4 fully saturated rings. The predicted octanol–water partition coefficient (Wildman–Crippen LogP) is 7.53. The average molecular weight is 1040 g/mol. The van der Waals surface area contributed by atoms with Crippen LogP contribution in [0.4, 0.5) is 11.6 Å². The topological polar surface area (TPSA) is 218 Å². The molecule has 1 saturated carbocycles. The molecular weight excluding hydrogens is 969 g/mol. The van der Waals surface area contributed by atoms with Gasteiger partial charge in [0.15, 0.2) is 17.4 Å². The quantitative estimate of drug-likeness (QED) is 0.0731. The Morgan fingerprint density at radius 3 is 2.41 bits per heavy atom. The van der Waals surface area contributed by atoms with Crippen molar-refractivity contribution in [3.63, 3.8) is 0 Å². The molecule has 6 aromatic rings. The molecule has 3 saturated heterocycles. The molecular formula is C57H66N10O7S. The fourth-order valence-electron chi connectivity index (χ4n) is 10.8. The van der Waals surface area contributed by atoms with E-state index < -0.39 is 18.1 Å². The smallest absolute Gasteiger partial charge is 0.243 e. The van der Waals surface area contributed by atoms with Crippen LogP contribution in [0, 0.1) is 30.6 Å². The Morgan fingerprint density at radius 1 is 0.907 bits per heavy atom. The van der Waals surface area contributed by atoms with E-state index >= 15 is 0 Å². The predicted molar refractivity (Wildman–Crippen MR) is 286 cm³/mol. The number of aryl methyl sites for hydroxylation is 1. The van der Waals surface area contributed by atoms with Crippen molar-refractivity contribution in [2.45, 2.75) is 115 Å². The molecule has 5 N–H and O–H groups in total. The Bertz CT molecular complexity index is 3000. The van der Waals surface area contributed by atoms with Crippen LogP contribution in [0.2, 0.25) is 0 Å². The van der Waals surface area contributed by atoms with E-state index in [1.54, 1.807) is 41.8 Å². The number of para-hydroxylation sites is 1. The van der Waals surface area contributed by atoms with Gasteiger partial charge >= 0.3 is 0 Å². The van der Waals surface area contributed by atoms with Gasteiger partial charge in [0.2, 0.25) is 17.7 Å². The molecule has 2 aromatic carbocycles. The molecule has 0 bridgehead atoms. The zero-order valence-electron chi connectivity index (χ0n) is 43.0. The van der Waals surface area contributed by atoms with Crippen molar-refractivity contribution in [1.29, 1.82) is 0 Å². The second kappa shape index (κ2) is 22.9. The molecule has 10 rings (SSSR count). The number of rotatable bonds is 15. The lowest BCUT2D eigenvalue weighted by molar-refractivity contribution is -0.141. The molecule has 17 nitrogen and oxygen atoms in total. The number of phenols is 1. The molecule has 18 heteroatoms. The molecule has 2 amide bonds. The lowest BCUT2D eigenvalue weighted by Gasteiger charge is -2.41. The highest BCUT2D eigenvalue weighted by Gasteiger charge is 2.44. The molecule has 4 atom stereocenters. The molecule has 3 aliphatic heterocycles. The number of amides is 2. The summed E-state index contributed by atoms with van der Waals surface area (Å²) < 4.78 is 18.7. The number of carbonyl (C=O) groups is 2. The van der Waals surface area contributed by atoms with Crippen molar-refractivity contribution in [2.75, 3.05) is 49.9 Å². The van der Waals surface area contributed by atoms with Crippen molar-refractivity contribution >= 4 is 34.8 Å². The summed E-state index contributed by atoms with van der Waals surface area (Å²) in [5.41, 5.74) is 13.2. The summed E-state index contributed by atoms with van der Waals surface area (Å²) in [5.74, 6) is 7.50. The summed E-state index contributed by atoms with van der Waals surface area (Å²) in [6.45, 7) is 12.7. The Morgan fingerprint density at radius 2 is 1.68 bits per heavy atom. The molecule has 1 aliphatic carbocycles. The maximum Gasteiger partial charge on any atom is 0.243 e. The molecule has 0 unspecified atom stereocenters. The van der Waals surface area contributed by atoms with E-state index in [4.69, 9.17) is 19.7 Å². The Kier molecular flexibility index (Phi) is 15.8. The maximum atomic E-state index is 14.4. The van der Waals surface area contributed by atoms with Crippen LogP contribution in [0.25, 0.3) is 21.7 Å². The number of piperidine rings is 2. The first-order chi connectivity index (χ1) is 36.3. The highest BCUT2D eigenvalue weighted by molar-refractivity contribution is 7.13. The van der Waals surface area contributed by atoms with Gasteiger partial charge in [0.1, 0.15) is 23.8 Å². The highest BCUT2D eigenvalue weighted by Crippen LogP contribution is 2.36. The Labute approximate surface area is 441 Å². The highest BCUT2D eigenvalue weighted by atomic mass is 32.1. The van der Waals surface area contributed by atoms with Crippen molar-refractivity contribution in [1.82, 2.24) is 40.4 Å². The van der Waals surface area contributed by atoms with E-state index in [1.165, 1.54) is 4.90 Å². The standard InChI is InChI=1S/C57H66N10O7S/c1-34(2)53(57(71)67-32-42(68)27-48(67)56(70)61-35(3)39-11-13-40(14-12-39)54-36(4)60-33-75-54)50-30-51(64-74-50)66-23-16-38(17-24-66)31-65-21-18-43(19-22-65)72-44-28-45(29-44)73-52-25-37(15-20-59-52)9-10-41-26-47(62-63-55(41)58)46-7-5-6-8-49(46)69/h5-8,11-15,20,25-26,30,33-35,38,42-45,48,53,68-69H,16-19,21-24,27-29,31-32H2,1-4H3,(H2,58,63)(H,61,70)/t35-,42+,44-,45-,48-,53+/m0/s1. The molecule has 0 radical (unpaired) electrons. The average Bonchev–Trinajstić information content (AvgIpc) is 4.17. The minimum absolute atomic E-state index is 0.0307. The van der Waals surface area contributed by atoms with E-state index in [2.05, 4.69) is 52.3 Å². The number of hydrogen-bond acceptors (Lipinski definition) is 16. The van der Waals surface area contributed by atoms with E-state index in [1.807, 2.05) is 81.7 Å². The first-order valence-corrected chi connectivity index (χ1v) is 27.1. The number of pyridine rings is 1. The van der Waals surface area contributed by atoms with Crippen LogP contribution in [-0.4, -0.2) is 127 Å². The van der Waals surface area contributed by atoms with Gasteiger partial charge in [-0.3, -0.25) is 9.59 Å². The minimum Gasteiger partial charge on any atom is -0.507 e. The number of nitrogens with two attached hydrogens (primary N) is 1. The summed E-state index contributed by atoms with van der Waals surface area (Å²) in [5, 5.41) is 36.8. The maximum absolute atomic E-state index is 14.4. The fourth-order valence-corrected chi connectivity index (χ4v) is 11.6. The number of aromatic nitrogens is 5. The number of thiazole rings is 1. The van der Waals surface area contributed by atoms with Gasteiger partial charge in [-0.1, -0.05) is 67.2 Å². The summed E-state index contributed by atoms with van der Waals surface area (Å²) >= 11 is 1.60. The Balaban J connectivity index is 0.644. The zero-order valence-corrected chi connectivity index (χ0v) is 43.8. The second-order valence-corrected chi connectivity index (χ2v) is 21.8. The van der Waals surface area contributed by atoms with Crippen LogP contribution < -0.4 is 20.7 Å². The molecule has 4 aromatic heterocycles. The number of anilines is 2. The van der Waals surface area contributed by atoms with Gasteiger partial charge in [-0.25, -0.2) is 9.97 Å². The number of likely N-dealkylation sites (tertiary alicyclic amines) is 2. The monoisotopic (exact) mass is 1030 g/mol. The van der Waals surface area contributed by atoms with Gasteiger partial charge in [-0.05, 0) is 86.8 Å². The van der Waals surface area contributed by atoms with Crippen molar-refractivity contribution in [2.24, 2.45) is 11.8 Å². The third-order valence-electron chi connectivity index (χ3n) is 15.2. The lowest BCUT2D eigenvalue weighted by atomic mass is 9.91. The number of benzene rings is 2. The first kappa shape index (κ1) is 51.6. The molecule has 4 aliphatic rings. The number of nitrogens with zero attached hydrogens (tertiary/aromatic N) is 8. The van der Waals surface area contributed by atoms with Crippen molar-refractivity contribution < 1.29 is 33.8 Å². The van der Waals surface area contributed by atoms with Gasteiger partial charge in [-0.2, -0.15) is 0 Å². The summed E-state index contributed by atoms with van der Waals surface area (Å²) in [6, 6.07) is 21.2. The normalized spacial score (nSPS) is 21.3. The van der Waals surface area contributed by atoms with Gasteiger partial charge in [-0.15, -0.1) is 21.5 Å². The van der Waals surface area contributed by atoms with E-state index in [0.717, 1.165) is 104 Å². The van der Waals surface area contributed by atoms with Crippen LogP contribution in [0.15, 0.2) is 89.0 Å². The number of phenolic OH excluding ortho intramolecular Hbond substituents is 1. The largest absolute Gasteiger partial charge is 0.507 e. The fraction of sp³-hybridized carbons (Fsp3) is 0.456. The number of β-amino-alcohol motifs (C(OH)–C–C–N with tert-alkyl or cyclic N) is 1. The van der Waals surface area contributed by atoms with Gasteiger partial charge in [0, 0.05) is 88.0 Å². The van der Waals surface area contributed by atoms with Crippen LogP contribution in [0.3, 0.4) is 0 Å². The van der Waals surface area contributed by atoms with E-state index in [9.17, 15) is 19.8 Å². The SMILES string of the molecule is Cc1ncsc1-c1ccc([C@H](C)NC(=O)[C@@H]2C[C@@H](O)CN2C(=O)[C@@H](c2cc(N3CCC(CN4CCC(O[C@H]5C[C@H](Oc6cc(C#Cc7cc(-c8ccccc8O)nnc7N)ccn6)C5)CC4)CC3)no2)C(C)C)cc1. The molecule has 392 valence electrons. The van der Waals surface area contributed by atoms with Gasteiger partial charge in [0.05, 0.1) is 51.7 Å². The summed E-state index contributed by atoms with van der Waals surface area (Å²) in [7, 11) is 0.